The highest BCUT2D eigenvalue weighted by Gasteiger charge is 2.22. The Morgan fingerprint density at radius 1 is 1.21 bits per heavy atom. The number of carbonyl (C=O) groups excluding carboxylic acids is 2. The molecule has 0 aliphatic carbocycles. The maximum Gasteiger partial charge on any atom is 0.338 e. The number of hydrogen-bond donors (Lipinski definition) is 1. The summed E-state index contributed by atoms with van der Waals surface area (Å²) >= 11 is 3.24. The molecule has 0 aliphatic heterocycles. The maximum absolute atomic E-state index is 12.1. The third-order valence-corrected chi connectivity index (χ3v) is 3.57. The van der Waals surface area contributed by atoms with Gasteiger partial charge in [0.2, 0.25) is 0 Å². The molecule has 124 valence electrons. The van der Waals surface area contributed by atoms with Gasteiger partial charge in [0.25, 0.3) is 11.6 Å². The molecule has 0 aromatic heterocycles. The third-order valence-electron chi connectivity index (χ3n) is 3.07. The Bertz CT molecular complexity index is 794. The average Bonchev–Trinajstić information content (AvgIpc) is 2.55. The minimum atomic E-state index is -1.11. The molecule has 24 heavy (non-hydrogen) atoms. The Hall–Kier alpha value is -2.74. The van der Waals surface area contributed by atoms with E-state index >= 15 is 0 Å². The number of amides is 1. The fourth-order valence-electron chi connectivity index (χ4n) is 1.87. The zero-order valence-corrected chi connectivity index (χ0v) is 14.1. The third kappa shape index (κ3) is 4.39. The van der Waals surface area contributed by atoms with Crippen molar-refractivity contribution in [2.75, 3.05) is 5.32 Å². The van der Waals surface area contributed by atoms with Gasteiger partial charge in [0.1, 0.15) is 5.69 Å². The number of nitro groups is 1. The van der Waals surface area contributed by atoms with Crippen molar-refractivity contribution in [2.45, 2.75) is 13.0 Å². The van der Waals surface area contributed by atoms with Gasteiger partial charge in [-0.2, -0.15) is 0 Å². The van der Waals surface area contributed by atoms with Crippen LogP contribution in [-0.2, 0) is 9.53 Å². The van der Waals surface area contributed by atoms with E-state index in [0.717, 1.165) is 0 Å². The molecule has 8 heteroatoms. The van der Waals surface area contributed by atoms with Crippen LogP contribution >= 0.6 is 15.9 Å². The number of benzene rings is 2. The molecule has 1 N–H and O–H groups in total. The number of esters is 1. The molecular weight excluding hydrogens is 380 g/mol. The molecule has 0 aliphatic rings. The molecule has 2 aromatic carbocycles. The van der Waals surface area contributed by atoms with Crippen LogP contribution in [0, 0.1) is 10.1 Å². The summed E-state index contributed by atoms with van der Waals surface area (Å²) in [6.07, 6.45) is -1.11. The monoisotopic (exact) mass is 392 g/mol. The summed E-state index contributed by atoms with van der Waals surface area (Å²) in [6, 6.07) is 12.3. The van der Waals surface area contributed by atoms with Crippen molar-refractivity contribution in [3.05, 3.63) is 68.7 Å². The summed E-state index contributed by atoms with van der Waals surface area (Å²) in [4.78, 5) is 34.4. The average molecular weight is 393 g/mol. The second kappa shape index (κ2) is 7.69. The van der Waals surface area contributed by atoms with Gasteiger partial charge in [0, 0.05) is 10.5 Å². The molecule has 0 radical (unpaired) electrons. The van der Waals surface area contributed by atoms with E-state index in [9.17, 15) is 19.7 Å². The first-order valence-corrected chi connectivity index (χ1v) is 7.68. The SMILES string of the molecule is C[C@@H](OC(=O)c1cccc(Br)c1)C(=O)Nc1ccccc1[N+](=O)[O-]. The molecule has 0 fully saturated rings. The molecule has 0 heterocycles. The van der Waals surface area contributed by atoms with E-state index in [1.54, 1.807) is 30.3 Å². The number of para-hydroxylation sites is 2. The van der Waals surface area contributed by atoms with Crippen LogP contribution in [0.3, 0.4) is 0 Å². The summed E-state index contributed by atoms with van der Waals surface area (Å²) in [7, 11) is 0. The summed E-state index contributed by atoms with van der Waals surface area (Å²) in [5, 5.41) is 13.3. The largest absolute Gasteiger partial charge is 0.449 e. The number of nitrogens with zero attached hydrogens (tertiary/aromatic N) is 1. The Balaban J connectivity index is 2.05. The van der Waals surface area contributed by atoms with Crippen LogP contribution < -0.4 is 5.32 Å². The molecule has 0 saturated carbocycles. The normalized spacial score (nSPS) is 11.4. The summed E-state index contributed by atoms with van der Waals surface area (Å²) < 4.78 is 5.79. The van der Waals surface area contributed by atoms with Crippen LogP contribution in [0.5, 0.6) is 0 Å². The number of carbonyl (C=O) groups is 2. The number of anilines is 1. The molecule has 0 spiro atoms. The quantitative estimate of drug-likeness (QED) is 0.476. The van der Waals surface area contributed by atoms with Crippen molar-refractivity contribution in [3.8, 4) is 0 Å². The first kappa shape index (κ1) is 17.6. The number of halogens is 1. The number of rotatable bonds is 5. The first-order valence-electron chi connectivity index (χ1n) is 6.89. The Labute approximate surface area is 145 Å². The summed E-state index contributed by atoms with van der Waals surface area (Å²) in [5.41, 5.74) is 0.0870. The van der Waals surface area contributed by atoms with Gasteiger partial charge in [-0.05, 0) is 31.2 Å². The van der Waals surface area contributed by atoms with Gasteiger partial charge in [-0.15, -0.1) is 0 Å². The van der Waals surface area contributed by atoms with Crippen molar-refractivity contribution < 1.29 is 19.2 Å². The van der Waals surface area contributed by atoms with Crippen molar-refractivity contribution in [1.29, 1.82) is 0 Å². The predicted octanol–water partition coefficient (Wildman–Crippen LogP) is 3.54. The lowest BCUT2D eigenvalue weighted by Gasteiger charge is -2.13. The van der Waals surface area contributed by atoms with E-state index in [-0.39, 0.29) is 16.9 Å². The topological polar surface area (TPSA) is 98.5 Å². The summed E-state index contributed by atoms with van der Waals surface area (Å²) in [6.45, 7) is 1.39. The molecule has 1 amide bonds. The van der Waals surface area contributed by atoms with Crippen LogP contribution in [0.4, 0.5) is 11.4 Å². The van der Waals surface area contributed by atoms with Gasteiger partial charge < -0.3 is 10.1 Å². The van der Waals surface area contributed by atoms with E-state index < -0.39 is 22.9 Å². The molecule has 0 saturated heterocycles. The Morgan fingerprint density at radius 2 is 1.92 bits per heavy atom. The molecule has 2 aromatic rings. The number of nitrogens with one attached hydrogen (secondary N) is 1. The Morgan fingerprint density at radius 3 is 2.58 bits per heavy atom. The second-order valence-corrected chi connectivity index (χ2v) is 5.74. The summed E-state index contributed by atoms with van der Waals surface area (Å²) in [5.74, 6) is -1.32. The van der Waals surface area contributed by atoms with E-state index in [1.807, 2.05) is 0 Å². The highest BCUT2D eigenvalue weighted by atomic mass is 79.9. The van der Waals surface area contributed by atoms with E-state index in [0.29, 0.717) is 4.47 Å². The minimum Gasteiger partial charge on any atom is -0.449 e. The predicted molar refractivity (Wildman–Crippen MR) is 90.7 cm³/mol. The van der Waals surface area contributed by atoms with Gasteiger partial charge >= 0.3 is 5.97 Å². The fourth-order valence-corrected chi connectivity index (χ4v) is 2.27. The van der Waals surface area contributed by atoms with Crippen LogP contribution in [0.2, 0.25) is 0 Å². The van der Waals surface area contributed by atoms with Crippen LogP contribution in [-0.4, -0.2) is 22.9 Å². The van der Waals surface area contributed by atoms with Gasteiger partial charge in [0.15, 0.2) is 6.10 Å². The van der Waals surface area contributed by atoms with Crippen molar-refractivity contribution in [2.24, 2.45) is 0 Å². The highest BCUT2D eigenvalue weighted by Crippen LogP contribution is 2.23. The molecule has 1 atom stereocenters. The molecule has 0 bridgehead atoms. The Kier molecular flexibility index (Phi) is 5.64. The van der Waals surface area contributed by atoms with Gasteiger partial charge in [-0.1, -0.05) is 34.1 Å². The van der Waals surface area contributed by atoms with Crippen LogP contribution in [0.25, 0.3) is 0 Å². The minimum absolute atomic E-state index is 0.0397. The lowest BCUT2D eigenvalue weighted by molar-refractivity contribution is -0.383. The number of nitro benzene ring substituents is 1. The van der Waals surface area contributed by atoms with Gasteiger partial charge in [0.05, 0.1) is 10.5 Å². The molecule has 0 unspecified atom stereocenters. The number of hydrogen-bond acceptors (Lipinski definition) is 5. The van der Waals surface area contributed by atoms with Crippen molar-refractivity contribution in [3.63, 3.8) is 0 Å². The van der Waals surface area contributed by atoms with E-state index in [4.69, 9.17) is 4.74 Å². The van der Waals surface area contributed by atoms with Crippen molar-refractivity contribution in [1.82, 2.24) is 0 Å². The lowest BCUT2D eigenvalue weighted by Crippen LogP contribution is -2.30. The second-order valence-electron chi connectivity index (χ2n) is 4.82. The van der Waals surface area contributed by atoms with Gasteiger partial charge in [-0.3, -0.25) is 14.9 Å². The number of ether oxygens (including phenoxy) is 1. The highest BCUT2D eigenvalue weighted by molar-refractivity contribution is 9.10. The van der Waals surface area contributed by atoms with E-state index in [2.05, 4.69) is 21.2 Å². The molecule has 2 rings (SSSR count). The molecule has 7 nitrogen and oxygen atoms in total. The molecular formula is C16H13BrN2O5. The lowest BCUT2D eigenvalue weighted by atomic mass is 10.2. The smallest absolute Gasteiger partial charge is 0.338 e. The van der Waals surface area contributed by atoms with Crippen LogP contribution in [0.15, 0.2) is 53.0 Å². The zero-order valence-electron chi connectivity index (χ0n) is 12.6. The maximum atomic E-state index is 12.1. The van der Waals surface area contributed by atoms with Crippen molar-refractivity contribution >= 4 is 39.2 Å². The zero-order chi connectivity index (χ0) is 17.7. The van der Waals surface area contributed by atoms with E-state index in [1.165, 1.54) is 25.1 Å². The fraction of sp³-hybridized carbons (Fsp3) is 0.125. The van der Waals surface area contributed by atoms with Gasteiger partial charge in [-0.25, -0.2) is 4.79 Å². The standard InChI is InChI=1S/C16H13BrN2O5/c1-10(24-16(21)11-5-4-6-12(17)9-11)15(20)18-13-7-2-3-8-14(13)19(22)23/h2-10H,1H3,(H,18,20)/t10-/m1/s1. The van der Waals surface area contributed by atoms with Crippen LogP contribution in [0.1, 0.15) is 17.3 Å². The first-order chi connectivity index (χ1) is 11.4.